The molecule has 1 unspecified atom stereocenters. The van der Waals surface area contributed by atoms with Crippen LogP contribution < -0.4 is 10.6 Å². The van der Waals surface area contributed by atoms with Gasteiger partial charge in [0.2, 0.25) is 0 Å². The lowest BCUT2D eigenvalue weighted by atomic mass is 9.93. The van der Waals surface area contributed by atoms with Crippen molar-refractivity contribution in [3.8, 4) is 0 Å². The van der Waals surface area contributed by atoms with E-state index in [0.29, 0.717) is 5.92 Å². The second kappa shape index (κ2) is 6.06. The Bertz CT molecular complexity index is 457. The lowest BCUT2D eigenvalue weighted by Gasteiger charge is -2.36. The van der Waals surface area contributed by atoms with Crippen LogP contribution in [0, 0.1) is 18.3 Å². The molecule has 1 aromatic carbocycles. The molecule has 2 rings (SSSR count). The maximum atomic E-state index is 9.10. The predicted octanol–water partition coefficient (Wildman–Crippen LogP) is 1.88. The number of hydrogen-bond acceptors (Lipinski definition) is 3. The van der Waals surface area contributed by atoms with Crippen LogP contribution in [0.3, 0.4) is 0 Å². The zero-order valence-electron chi connectivity index (χ0n) is 11.5. The van der Waals surface area contributed by atoms with E-state index >= 15 is 0 Å². The van der Waals surface area contributed by atoms with E-state index in [9.17, 15) is 0 Å². The monoisotopic (exact) mass is 261 g/mol. The summed E-state index contributed by atoms with van der Waals surface area (Å²) in [6.07, 6.45) is 3.17. The van der Waals surface area contributed by atoms with E-state index in [-0.39, 0.29) is 12.4 Å². The summed E-state index contributed by atoms with van der Waals surface area (Å²) in [5.74, 6) is 0.668. The van der Waals surface area contributed by atoms with Crippen LogP contribution >= 0.6 is 0 Å². The van der Waals surface area contributed by atoms with E-state index in [4.69, 9.17) is 16.2 Å². The molecule has 4 nitrogen and oxygen atoms in total. The van der Waals surface area contributed by atoms with Crippen LogP contribution in [0.1, 0.15) is 30.4 Å². The Morgan fingerprint density at radius 3 is 3.00 bits per heavy atom. The number of aryl methyl sites for hydroxylation is 1. The normalized spacial score (nSPS) is 19.5. The summed E-state index contributed by atoms with van der Waals surface area (Å²) in [5.41, 5.74) is 8.78. The van der Waals surface area contributed by atoms with Crippen molar-refractivity contribution >= 4 is 11.5 Å². The van der Waals surface area contributed by atoms with Gasteiger partial charge in [-0.3, -0.25) is 5.41 Å². The van der Waals surface area contributed by atoms with Crippen molar-refractivity contribution in [2.75, 3.05) is 24.6 Å². The summed E-state index contributed by atoms with van der Waals surface area (Å²) in [7, 11) is 0. The standard InChI is InChI=1S/C15H23N3O/c1-11-4-2-6-13(15(16)17)14(11)18-8-3-5-12(10-18)7-9-19/h2,4,6,12,19H,3,5,7-10H2,1H3,(H3,16,17). The molecule has 4 heteroatoms. The molecule has 0 saturated carbocycles. The lowest BCUT2D eigenvalue weighted by molar-refractivity contribution is 0.244. The highest BCUT2D eigenvalue weighted by Gasteiger charge is 2.23. The highest BCUT2D eigenvalue weighted by Crippen LogP contribution is 2.30. The highest BCUT2D eigenvalue weighted by molar-refractivity contribution is 6.01. The van der Waals surface area contributed by atoms with Crippen molar-refractivity contribution in [2.24, 2.45) is 11.7 Å². The van der Waals surface area contributed by atoms with Crippen LogP contribution in [0.4, 0.5) is 5.69 Å². The zero-order valence-corrected chi connectivity index (χ0v) is 11.5. The van der Waals surface area contributed by atoms with Crippen LogP contribution in [-0.4, -0.2) is 30.6 Å². The van der Waals surface area contributed by atoms with E-state index in [1.807, 2.05) is 12.1 Å². The number of rotatable bonds is 4. The fraction of sp³-hybridized carbons (Fsp3) is 0.533. The summed E-state index contributed by atoms with van der Waals surface area (Å²) in [6, 6.07) is 5.93. The molecule has 0 aromatic heterocycles. The maximum absolute atomic E-state index is 9.10. The summed E-state index contributed by atoms with van der Waals surface area (Å²) >= 11 is 0. The molecule has 0 amide bonds. The molecular formula is C15H23N3O. The van der Waals surface area contributed by atoms with Gasteiger partial charge >= 0.3 is 0 Å². The van der Waals surface area contributed by atoms with Gasteiger partial charge < -0.3 is 15.7 Å². The first kappa shape index (κ1) is 13.9. The molecule has 104 valence electrons. The average molecular weight is 261 g/mol. The fourth-order valence-electron chi connectivity index (χ4n) is 2.98. The highest BCUT2D eigenvalue weighted by atomic mass is 16.3. The summed E-state index contributed by atoms with van der Waals surface area (Å²) in [6.45, 7) is 4.28. The molecule has 4 N–H and O–H groups in total. The van der Waals surface area contributed by atoms with Crippen molar-refractivity contribution in [2.45, 2.75) is 26.2 Å². The van der Waals surface area contributed by atoms with Gasteiger partial charge in [-0.25, -0.2) is 0 Å². The van der Waals surface area contributed by atoms with Gasteiger partial charge in [0.1, 0.15) is 5.84 Å². The average Bonchev–Trinajstić information content (AvgIpc) is 2.39. The van der Waals surface area contributed by atoms with Gasteiger partial charge in [0, 0.05) is 25.3 Å². The second-order valence-electron chi connectivity index (χ2n) is 5.35. The number of anilines is 1. The number of amidine groups is 1. The van der Waals surface area contributed by atoms with Gasteiger partial charge in [0.05, 0.1) is 5.69 Å². The van der Waals surface area contributed by atoms with Crippen LogP contribution in [0.5, 0.6) is 0 Å². The first-order valence-electron chi connectivity index (χ1n) is 6.93. The van der Waals surface area contributed by atoms with Gasteiger partial charge in [0.15, 0.2) is 0 Å². The van der Waals surface area contributed by atoms with Crippen molar-refractivity contribution < 1.29 is 5.11 Å². The zero-order chi connectivity index (χ0) is 13.8. The van der Waals surface area contributed by atoms with E-state index in [1.54, 1.807) is 0 Å². The van der Waals surface area contributed by atoms with E-state index in [2.05, 4.69) is 17.9 Å². The van der Waals surface area contributed by atoms with Crippen molar-refractivity contribution in [1.82, 2.24) is 0 Å². The topological polar surface area (TPSA) is 73.3 Å². The third-order valence-corrected chi connectivity index (χ3v) is 3.90. The largest absolute Gasteiger partial charge is 0.396 e. The lowest BCUT2D eigenvalue weighted by Crippen LogP contribution is -2.37. The fourth-order valence-corrected chi connectivity index (χ4v) is 2.98. The molecule has 0 aliphatic carbocycles. The first-order valence-corrected chi connectivity index (χ1v) is 6.93. The summed E-state index contributed by atoms with van der Waals surface area (Å²) < 4.78 is 0. The molecule has 1 heterocycles. The van der Waals surface area contributed by atoms with Gasteiger partial charge in [0.25, 0.3) is 0 Å². The van der Waals surface area contributed by atoms with Crippen molar-refractivity contribution in [3.05, 3.63) is 29.3 Å². The molecule has 0 spiro atoms. The van der Waals surface area contributed by atoms with E-state index < -0.39 is 0 Å². The number of para-hydroxylation sites is 1. The van der Waals surface area contributed by atoms with Crippen molar-refractivity contribution in [3.63, 3.8) is 0 Å². The van der Waals surface area contributed by atoms with Gasteiger partial charge in [-0.2, -0.15) is 0 Å². The number of nitrogens with two attached hydrogens (primary N) is 1. The first-order chi connectivity index (χ1) is 9.13. The predicted molar refractivity (Wildman–Crippen MR) is 78.8 cm³/mol. The molecule has 1 aliphatic rings. The number of nitrogens with one attached hydrogen (secondary N) is 1. The third kappa shape index (κ3) is 3.07. The molecule has 1 aliphatic heterocycles. The second-order valence-corrected chi connectivity index (χ2v) is 5.35. The summed E-state index contributed by atoms with van der Waals surface area (Å²) in [4.78, 5) is 2.33. The Balaban J connectivity index is 2.28. The molecule has 19 heavy (non-hydrogen) atoms. The maximum Gasteiger partial charge on any atom is 0.124 e. The molecule has 1 saturated heterocycles. The Hall–Kier alpha value is -1.55. The Morgan fingerprint density at radius 2 is 2.32 bits per heavy atom. The van der Waals surface area contributed by atoms with E-state index in [1.165, 1.54) is 6.42 Å². The number of piperidine rings is 1. The van der Waals surface area contributed by atoms with E-state index in [0.717, 1.165) is 42.7 Å². The SMILES string of the molecule is Cc1cccc(C(=N)N)c1N1CCCC(CCO)C1. The molecule has 1 atom stereocenters. The minimum Gasteiger partial charge on any atom is -0.396 e. The molecule has 1 fully saturated rings. The summed E-state index contributed by atoms with van der Waals surface area (Å²) in [5, 5.41) is 16.8. The number of nitrogens with zero attached hydrogens (tertiary/aromatic N) is 1. The number of nitrogen functional groups attached to an aromatic ring is 1. The van der Waals surface area contributed by atoms with Crippen LogP contribution in [0.25, 0.3) is 0 Å². The molecule has 0 bridgehead atoms. The third-order valence-electron chi connectivity index (χ3n) is 3.90. The number of aliphatic hydroxyl groups is 1. The van der Waals surface area contributed by atoms with Gasteiger partial charge in [-0.1, -0.05) is 12.1 Å². The molecule has 1 aromatic rings. The minimum absolute atomic E-state index is 0.128. The minimum atomic E-state index is 0.128. The quantitative estimate of drug-likeness (QED) is 0.572. The van der Waals surface area contributed by atoms with Crippen molar-refractivity contribution in [1.29, 1.82) is 5.41 Å². The van der Waals surface area contributed by atoms with Gasteiger partial charge in [-0.05, 0) is 43.7 Å². The van der Waals surface area contributed by atoms with Crippen LogP contribution in [-0.2, 0) is 0 Å². The number of aliphatic hydroxyl groups excluding tert-OH is 1. The molecule has 0 radical (unpaired) electrons. The molecular weight excluding hydrogens is 238 g/mol. The van der Waals surface area contributed by atoms with Gasteiger partial charge in [-0.15, -0.1) is 0 Å². The van der Waals surface area contributed by atoms with Crippen LogP contribution in [0.15, 0.2) is 18.2 Å². The Morgan fingerprint density at radius 1 is 1.53 bits per heavy atom. The van der Waals surface area contributed by atoms with Crippen LogP contribution in [0.2, 0.25) is 0 Å². The smallest absolute Gasteiger partial charge is 0.124 e. The Labute approximate surface area is 114 Å². The Kier molecular flexibility index (Phi) is 4.43. The number of hydrogen-bond donors (Lipinski definition) is 3. The number of benzene rings is 1.